The molecular formula is C9H18O. The fraction of sp³-hybridized carbons (Fsp3) is 1.00. The molecule has 0 spiro atoms. The Kier molecular flexibility index (Phi) is 2.04. The van der Waals surface area contributed by atoms with E-state index in [2.05, 4.69) is 20.8 Å². The minimum absolute atomic E-state index is 0.0278. The van der Waals surface area contributed by atoms with E-state index in [1.54, 1.807) is 0 Å². The van der Waals surface area contributed by atoms with Crippen LogP contribution in [0.4, 0.5) is 0 Å². The highest BCUT2D eigenvalue weighted by atomic mass is 16.3. The van der Waals surface area contributed by atoms with Gasteiger partial charge in [0.15, 0.2) is 0 Å². The molecule has 2 atom stereocenters. The molecule has 0 aromatic heterocycles. The topological polar surface area (TPSA) is 20.2 Å². The first-order chi connectivity index (χ1) is 4.58. The van der Waals surface area contributed by atoms with Crippen molar-refractivity contribution in [3.05, 3.63) is 0 Å². The maximum Gasteiger partial charge on any atom is 0.0573 e. The molecule has 2 unspecified atom stereocenters. The van der Waals surface area contributed by atoms with Crippen molar-refractivity contribution < 1.29 is 5.11 Å². The average molecular weight is 142 g/mol. The highest BCUT2D eigenvalue weighted by Crippen LogP contribution is 2.44. The number of rotatable bonds is 1. The lowest BCUT2D eigenvalue weighted by Gasteiger charge is -2.27. The van der Waals surface area contributed by atoms with E-state index >= 15 is 0 Å². The standard InChI is InChI=1S/C9H18O/c1-4-7-8(10)5-6-9(7,2)3/h7-8,10H,4-6H2,1-3H3. The lowest BCUT2D eigenvalue weighted by molar-refractivity contribution is 0.0905. The van der Waals surface area contributed by atoms with Gasteiger partial charge in [0.05, 0.1) is 6.10 Å². The second-order valence-electron chi connectivity index (χ2n) is 4.11. The van der Waals surface area contributed by atoms with Crippen LogP contribution in [0.1, 0.15) is 40.0 Å². The molecular weight excluding hydrogens is 124 g/mol. The molecule has 1 nitrogen and oxygen atoms in total. The first-order valence-corrected chi connectivity index (χ1v) is 4.26. The van der Waals surface area contributed by atoms with Gasteiger partial charge in [0.25, 0.3) is 0 Å². The van der Waals surface area contributed by atoms with Crippen molar-refractivity contribution in [1.29, 1.82) is 0 Å². The van der Waals surface area contributed by atoms with Crippen molar-refractivity contribution in [2.45, 2.75) is 46.1 Å². The Balaban J connectivity index is 2.63. The van der Waals surface area contributed by atoms with E-state index in [9.17, 15) is 5.11 Å². The molecule has 1 fully saturated rings. The summed E-state index contributed by atoms with van der Waals surface area (Å²) in [4.78, 5) is 0. The van der Waals surface area contributed by atoms with Crippen molar-refractivity contribution in [1.82, 2.24) is 0 Å². The molecule has 10 heavy (non-hydrogen) atoms. The molecule has 0 aromatic carbocycles. The Hall–Kier alpha value is -0.0400. The predicted octanol–water partition coefficient (Wildman–Crippen LogP) is 2.19. The van der Waals surface area contributed by atoms with Crippen LogP contribution in [0.5, 0.6) is 0 Å². The predicted molar refractivity (Wildman–Crippen MR) is 42.8 cm³/mol. The summed E-state index contributed by atoms with van der Waals surface area (Å²) in [6.45, 7) is 6.69. The zero-order chi connectivity index (χ0) is 7.78. The van der Waals surface area contributed by atoms with E-state index < -0.39 is 0 Å². The summed E-state index contributed by atoms with van der Waals surface area (Å²) in [6.07, 6.45) is 3.28. The van der Waals surface area contributed by atoms with Crippen molar-refractivity contribution >= 4 is 0 Å². The van der Waals surface area contributed by atoms with Gasteiger partial charge in [-0.05, 0) is 24.2 Å². The normalized spacial score (nSPS) is 38.4. The zero-order valence-electron chi connectivity index (χ0n) is 7.22. The Morgan fingerprint density at radius 1 is 1.50 bits per heavy atom. The molecule has 0 bridgehead atoms. The van der Waals surface area contributed by atoms with Crippen LogP contribution in [0.2, 0.25) is 0 Å². The summed E-state index contributed by atoms with van der Waals surface area (Å²) in [5.41, 5.74) is 0.383. The van der Waals surface area contributed by atoms with Gasteiger partial charge in [-0.3, -0.25) is 0 Å². The Morgan fingerprint density at radius 2 is 2.10 bits per heavy atom. The summed E-state index contributed by atoms with van der Waals surface area (Å²) in [7, 11) is 0. The van der Waals surface area contributed by atoms with Gasteiger partial charge in [-0.1, -0.05) is 27.2 Å². The minimum Gasteiger partial charge on any atom is -0.393 e. The average Bonchev–Trinajstić information content (AvgIpc) is 2.07. The molecule has 1 N–H and O–H groups in total. The van der Waals surface area contributed by atoms with Crippen LogP contribution in [-0.4, -0.2) is 11.2 Å². The van der Waals surface area contributed by atoms with Crippen LogP contribution in [0, 0.1) is 11.3 Å². The van der Waals surface area contributed by atoms with Crippen LogP contribution in [-0.2, 0) is 0 Å². The van der Waals surface area contributed by atoms with Gasteiger partial charge in [0.1, 0.15) is 0 Å². The Bertz CT molecular complexity index is 118. The molecule has 0 heterocycles. The maximum atomic E-state index is 9.52. The molecule has 1 aliphatic carbocycles. The second-order valence-corrected chi connectivity index (χ2v) is 4.11. The molecule has 1 saturated carbocycles. The maximum absolute atomic E-state index is 9.52. The van der Waals surface area contributed by atoms with Gasteiger partial charge >= 0.3 is 0 Å². The highest BCUT2D eigenvalue weighted by Gasteiger charge is 2.39. The molecule has 0 radical (unpaired) electrons. The zero-order valence-corrected chi connectivity index (χ0v) is 7.22. The third-order valence-electron chi connectivity index (χ3n) is 2.99. The second kappa shape index (κ2) is 2.54. The van der Waals surface area contributed by atoms with Crippen LogP contribution < -0.4 is 0 Å². The quantitative estimate of drug-likeness (QED) is 0.595. The minimum atomic E-state index is -0.0278. The summed E-state index contributed by atoms with van der Waals surface area (Å²) < 4.78 is 0. The summed E-state index contributed by atoms with van der Waals surface area (Å²) in [5, 5.41) is 9.52. The summed E-state index contributed by atoms with van der Waals surface area (Å²) in [5.74, 6) is 0.535. The van der Waals surface area contributed by atoms with Crippen LogP contribution in [0.25, 0.3) is 0 Å². The van der Waals surface area contributed by atoms with E-state index in [-0.39, 0.29) is 6.10 Å². The van der Waals surface area contributed by atoms with Gasteiger partial charge in [0, 0.05) is 0 Å². The molecule has 1 aliphatic rings. The van der Waals surface area contributed by atoms with Crippen molar-refractivity contribution in [3.8, 4) is 0 Å². The lowest BCUT2D eigenvalue weighted by Crippen LogP contribution is -2.24. The van der Waals surface area contributed by atoms with E-state index in [4.69, 9.17) is 0 Å². The molecule has 1 rings (SSSR count). The SMILES string of the molecule is CCC1C(O)CCC1(C)C. The molecule has 0 amide bonds. The largest absolute Gasteiger partial charge is 0.393 e. The van der Waals surface area contributed by atoms with E-state index in [1.165, 1.54) is 6.42 Å². The van der Waals surface area contributed by atoms with Crippen molar-refractivity contribution in [3.63, 3.8) is 0 Å². The van der Waals surface area contributed by atoms with E-state index in [0.29, 0.717) is 11.3 Å². The third kappa shape index (κ3) is 1.20. The van der Waals surface area contributed by atoms with Gasteiger partial charge < -0.3 is 5.11 Å². The van der Waals surface area contributed by atoms with Gasteiger partial charge in [0.2, 0.25) is 0 Å². The molecule has 0 aromatic rings. The number of hydrogen-bond donors (Lipinski definition) is 1. The van der Waals surface area contributed by atoms with Crippen molar-refractivity contribution in [2.75, 3.05) is 0 Å². The number of aliphatic hydroxyl groups is 1. The summed E-state index contributed by atoms with van der Waals surface area (Å²) in [6, 6.07) is 0. The lowest BCUT2D eigenvalue weighted by atomic mass is 9.80. The van der Waals surface area contributed by atoms with Crippen LogP contribution in [0.3, 0.4) is 0 Å². The van der Waals surface area contributed by atoms with Gasteiger partial charge in [-0.2, -0.15) is 0 Å². The van der Waals surface area contributed by atoms with Crippen LogP contribution in [0.15, 0.2) is 0 Å². The summed E-state index contributed by atoms with van der Waals surface area (Å²) >= 11 is 0. The molecule has 0 aliphatic heterocycles. The highest BCUT2D eigenvalue weighted by molar-refractivity contribution is 4.89. The third-order valence-corrected chi connectivity index (χ3v) is 2.99. The van der Waals surface area contributed by atoms with Crippen molar-refractivity contribution in [2.24, 2.45) is 11.3 Å². The van der Waals surface area contributed by atoms with E-state index in [1.807, 2.05) is 0 Å². The van der Waals surface area contributed by atoms with Gasteiger partial charge in [-0.25, -0.2) is 0 Å². The fourth-order valence-corrected chi connectivity index (χ4v) is 2.25. The smallest absolute Gasteiger partial charge is 0.0573 e. The Morgan fingerprint density at radius 3 is 2.30 bits per heavy atom. The first kappa shape index (κ1) is 8.06. The number of aliphatic hydroxyl groups excluding tert-OH is 1. The van der Waals surface area contributed by atoms with Crippen LogP contribution >= 0.6 is 0 Å². The first-order valence-electron chi connectivity index (χ1n) is 4.26. The number of hydrogen-bond acceptors (Lipinski definition) is 1. The van der Waals surface area contributed by atoms with E-state index in [0.717, 1.165) is 12.8 Å². The fourth-order valence-electron chi connectivity index (χ4n) is 2.25. The molecule has 1 heteroatoms. The Labute approximate surface area is 63.4 Å². The van der Waals surface area contributed by atoms with Gasteiger partial charge in [-0.15, -0.1) is 0 Å². The monoisotopic (exact) mass is 142 g/mol. The molecule has 0 saturated heterocycles. The molecule has 60 valence electrons.